The van der Waals surface area contributed by atoms with Crippen molar-refractivity contribution in [1.82, 2.24) is 4.98 Å². The molecule has 0 spiro atoms. The Morgan fingerprint density at radius 2 is 1.88 bits per heavy atom. The predicted octanol–water partition coefficient (Wildman–Crippen LogP) is 4.46. The summed E-state index contributed by atoms with van der Waals surface area (Å²) in [6.07, 6.45) is -2.95. The van der Waals surface area contributed by atoms with E-state index in [-0.39, 0.29) is 11.4 Å². The summed E-state index contributed by atoms with van der Waals surface area (Å²) in [7, 11) is 0. The van der Waals surface area contributed by atoms with Crippen LogP contribution in [0.5, 0.6) is 0 Å². The molecule has 0 saturated heterocycles. The number of alkyl halides is 3. The van der Waals surface area contributed by atoms with Gasteiger partial charge < -0.3 is 0 Å². The molecule has 130 valence electrons. The minimum absolute atomic E-state index is 0.00737. The highest BCUT2D eigenvalue weighted by Gasteiger charge is 2.36. The molecule has 1 heterocycles. The number of pyridine rings is 1. The summed E-state index contributed by atoms with van der Waals surface area (Å²) in [5.41, 5.74) is 0.750. The summed E-state index contributed by atoms with van der Waals surface area (Å²) < 4.78 is 40.0. The Morgan fingerprint density at radius 1 is 1.24 bits per heavy atom. The van der Waals surface area contributed by atoms with Gasteiger partial charge in [0.2, 0.25) is 0 Å². The Hall–Kier alpha value is -2.96. The van der Waals surface area contributed by atoms with E-state index in [0.717, 1.165) is 16.6 Å². The summed E-state index contributed by atoms with van der Waals surface area (Å²) in [6.45, 7) is 7.11. The number of carbonyl (C=O) groups is 1. The van der Waals surface area contributed by atoms with Crippen LogP contribution >= 0.6 is 0 Å². The fraction of sp³-hybridized carbons (Fsp3) is 0.167. The van der Waals surface area contributed by atoms with E-state index in [0.29, 0.717) is 11.8 Å². The lowest BCUT2D eigenvalue weighted by Gasteiger charge is -2.24. The Bertz CT molecular complexity index is 811. The second kappa shape index (κ2) is 7.29. The summed E-state index contributed by atoms with van der Waals surface area (Å²) in [5, 5.41) is 4.90. The van der Waals surface area contributed by atoms with E-state index in [1.54, 1.807) is 24.3 Å². The Kier molecular flexibility index (Phi) is 5.36. The lowest BCUT2D eigenvalue weighted by Crippen LogP contribution is -2.22. The van der Waals surface area contributed by atoms with Crippen LogP contribution in [-0.4, -0.2) is 17.0 Å². The lowest BCUT2D eigenvalue weighted by atomic mass is 10.1. The largest absolute Gasteiger partial charge is 0.420 e. The molecule has 0 bridgehead atoms. The molecule has 0 amide bonds. The highest BCUT2D eigenvalue weighted by atomic mass is 19.4. The van der Waals surface area contributed by atoms with E-state index in [4.69, 9.17) is 0 Å². The van der Waals surface area contributed by atoms with E-state index in [9.17, 15) is 18.0 Å². The summed E-state index contributed by atoms with van der Waals surface area (Å²) >= 11 is 0. The Balaban J connectivity index is 2.61. The fourth-order valence-electron chi connectivity index (χ4n) is 2.07. The van der Waals surface area contributed by atoms with E-state index in [2.05, 4.69) is 16.7 Å². The zero-order valence-corrected chi connectivity index (χ0v) is 13.7. The molecule has 0 unspecified atom stereocenters. The predicted molar refractivity (Wildman–Crippen MR) is 91.1 cm³/mol. The molecule has 0 radical (unpaired) electrons. The Labute approximate surface area is 143 Å². The molecule has 0 atom stereocenters. The number of rotatable bonds is 5. The van der Waals surface area contributed by atoms with Crippen LogP contribution in [0.4, 0.5) is 19.0 Å². The number of nitrogens with zero attached hydrogens (tertiary/aromatic N) is 3. The average molecular weight is 347 g/mol. The van der Waals surface area contributed by atoms with Gasteiger partial charge in [0.05, 0.1) is 11.4 Å². The normalized spacial score (nSPS) is 12.0. The van der Waals surface area contributed by atoms with Crippen molar-refractivity contribution >= 4 is 23.5 Å². The molecular formula is C18H16F3N3O. The van der Waals surface area contributed by atoms with Gasteiger partial charge in [-0.05, 0) is 31.5 Å². The van der Waals surface area contributed by atoms with Crippen molar-refractivity contribution in [3.8, 4) is 0 Å². The van der Waals surface area contributed by atoms with Crippen LogP contribution in [0.3, 0.4) is 0 Å². The number of benzene rings is 1. The number of anilines is 1. The van der Waals surface area contributed by atoms with Gasteiger partial charge in [-0.1, -0.05) is 36.4 Å². The number of halogens is 3. The molecule has 2 rings (SSSR count). The monoisotopic (exact) mass is 347 g/mol. The third-order valence-electron chi connectivity index (χ3n) is 3.36. The number of hydrogen-bond acceptors (Lipinski definition) is 4. The van der Waals surface area contributed by atoms with Crippen molar-refractivity contribution in [3.05, 3.63) is 65.9 Å². The van der Waals surface area contributed by atoms with Crippen molar-refractivity contribution in [3.63, 3.8) is 0 Å². The SMILES string of the molecule is C=C(c1ccc(C)cc1)N(/N=C(\C)C=O)c1ncccc1C(F)(F)F. The minimum atomic E-state index is -4.62. The maximum Gasteiger partial charge on any atom is 0.420 e. The number of hydrogen-bond donors (Lipinski definition) is 0. The number of aromatic nitrogens is 1. The van der Waals surface area contributed by atoms with Crippen LogP contribution in [-0.2, 0) is 11.0 Å². The van der Waals surface area contributed by atoms with Gasteiger partial charge in [0, 0.05) is 6.20 Å². The summed E-state index contributed by atoms with van der Waals surface area (Å²) in [6, 6.07) is 9.13. The lowest BCUT2D eigenvalue weighted by molar-refractivity contribution is -0.137. The van der Waals surface area contributed by atoms with Crippen molar-refractivity contribution < 1.29 is 18.0 Å². The second-order valence-electron chi connectivity index (χ2n) is 5.36. The first-order valence-corrected chi connectivity index (χ1v) is 7.32. The zero-order valence-electron chi connectivity index (χ0n) is 13.7. The molecule has 25 heavy (non-hydrogen) atoms. The highest BCUT2D eigenvalue weighted by molar-refractivity contribution is 6.27. The summed E-state index contributed by atoms with van der Waals surface area (Å²) in [5.74, 6) is -0.443. The van der Waals surface area contributed by atoms with Gasteiger partial charge in [0.1, 0.15) is 5.56 Å². The maximum atomic E-state index is 13.3. The number of hydrazone groups is 1. The second-order valence-corrected chi connectivity index (χ2v) is 5.36. The summed E-state index contributed by atoms with van der Waals surface area (Å²) in [4.78, 5) is 14.7. The van der Waals surface area contributed by atoms with E-state index in [1.807, 2.05) is 6.92 Å². The molecule has 2 aromatic rings. The van der Waals surface area contributed by atoms with Crippen LogP contribution in [0.25, 0.3) is 5.70 Å². The van der Waals surface area contributed by atoms with Crippen molar-refractivity contribution in [1.29, 1.82) is 0 Å². The molecule has 0 aliphatic rings. The molecule has 1 aromatic heterocycles. The van der Waals surface area contributed by atoms with E-state index < -0.39 is 17.6 Å². The van der Waals surface area contributed by atoms with Crippen LogP contribution in [0.15, 0.2) is 54.3 Å². The smallest absolute Gasteiger partial charge is 0.296 e. The molecule has 7 heteroatoms. The van der Waals surface area contributed by atoms with Gasteiger partial charge in [-0.3, -0.25) is 4.79 Å². The van der Waals surface area contributed by atoms with Crippen molar-refractivity contribution in [2.45, 2.75) is 20.0 Å². The van der Waals surface area contributed by atoms with Gasteiger partial charge >= 0.3 is 6.18 Å². The molecule has 1 aromatic carbocycles. The topological polar surface area (TPSA) is 45.6 Å². The van der Waals surface area contributed by atoms with Crippen LogP contribution in [0.1, 0.15) is 23.6 Å². The minimum Gasteiger partial charge on any atom is -0.296 e. The van der Waals surface area contributed by atoms with Gasteiger partial charge in [0.25, 0.3) is 0 Å². The molecule has 0 aliphatic carbocycles. The number of carbonyl (C=O) groups excluding carboxylic acids is 1. The molecule has 4 nitrogen and oxygen atoms in total. The highest BCUT2D eigenvalue weighted by Crippen LogP contribution is 2.37. The average Bonchev–Trinajstić information content (AvgIpc) is 2.58. The first-order valence-electron chi connectivity index (χ1n) is 7.32. The quantitative estimate of drug-likeness (QED) is 0.456. The van der Waals surface area contributed by atoms with Crippen LogP contribution < -0.4 is 5.01 Å². The molecular weight excluding hydrogens is 331 g/mol. The van der Waals surface area contributed by atoms with Crippen molar-refractivity contribution in [2.75, 3.05) is 5.01 Å². The molecule has 0 saturated carbocycles. The molecule has 0 aliphatic heterocycles. The first kappa shape index (κ1) is 18.4. The first-order chi connectivity index (χ1) is 11.7. The fourth-order valence-corrected chi connectivity index (χ4v) is 2.07. The molecule has 0 N–H and O–H groups in total. The number of aryl methyl sites for hydroxylation is 1. The Morgan fingerprint density at radius 3 is 2.44 bits per heavy atom. The van der Waals surface area contributed by atoms with E-state index >= 15 is 0 Å². The van der Waals surface area contributed by atoms with Crippen molar-refractivity contribution in [2.24, 2.45) is 5.10 Å². The standard InChI is InChI=1S/C18H16F3N3O/c1-12-6-8-15(9-7-12)14(3)24(23-13(2)11-25)17-16(18(19,20)21)5-4-10-22-17/h4-11H,3H2,1-2H3/b23-13+. The van der Waals surface area contributed by atoms with Gasteiger partial charge in [-0.2, -0.15) is 18.3 Å². The van der Waals surface area contributed by atoms with Gasteiger partial charge in [-0.15, -0.1) is 0 Å². The van der Waals surface area contributed by atoms with Gasteiger partial charge in [-0.25, -0.2) is 9.99 Å². The number of aldehydes is 1. The third-order valence-corrected chi connectivity index (χ3v) is 3.36. The maximum absolute atomic E-state index is 13.3. The van der Waals surface area contributed by atoms with Crippen LogP contribution in [0, 0.1) is 6.92 Å². The van der Waals surface area contributed by atoms with Crippen LogP contribution in [0.2, 0.25) is 0 Å². The van der Waals surface area contributed by atoms with E-state index in [1.165, 1.54) is 19.2 Å². The third kappa shape index (κ3) is 4.32. The van der Waals surface area contributed by atoms with Gasteiger partial charge in [0.15, 0.2) is 12.1 Å². The zero-order chi connectivity index (χ0) is 18.6. The molecule has 0 fully saturated rings.